The van der Waals surface area contributed by atoms with E-state index in [1.54, 1.807) is 5.48 Å². The fourth-order valence-corrected chi connectivity index (χ4v) is 4.13. The van der Waals surface area contributed by atoms with Crippen LogP contribution in [-0.2, 0) is 11.2 Å². The van der Waals surface area contributed by atoms with E-state index in [0.29, 0.717) is 17.8 Å². The number of aromatic nitrogens is 3. The molecule has 4 aromatic carbocycles. The Morgan fingerprint density at radius 1 is 0.757 bits per heavy atom. The van der Waals surface area contributed by atoms with Gasteiger partial charge in [0, 0.05) is 17.5 Å². The largest absolute Gasteiger partial charge is 0.289 e. The lowest BCUT2D eigenvalue weighted by atomic mass is 10.0. The molecule has 5 aromatic rings. The van der Waals surface area contributed by atoms with Crippen molar-refractivity contribution in [2.24, 2.45) is 0 Å². The first-order chi connectivity index (χ1) is 18.2. The molecule has 37 heavy (non-hydrogen) atoms. The lowest BCUT2D eigenvalue weighted by Crippen LogP contribution is -2.33. The first-order valence-electron chi connectivity index (χ1n) is 11.9. The van der Waals surface area contributed by atoms with Crippen molar-refractivity contribution in [1.29, 1.82) is 0 Å². The summed E-state index contributed by atoms with van der Waals surface area (Å²) in [5.74, 6) is 5.82. The second-order valence-corrected chi connectivity index (χ2v) is 8.47. The van der Waals surface area contributed by atoms with Crippen molar-refractivity contribution in [2.45, 2.75) is 12.5 Å². The van der Waals surface area contributed by atoms with Crippen LogP contribution in [0.15, 0.2) is 115 Å². The van der Waals surface area contributed by atoms with Crippen molar-refractivity contribution in [3.63, 3.8) is 0 Å². The van der Waals surface area contributed by atoms with Gasteiger partial charge in [0.05, 0.1) is 0 Å². The van der Waals surface area contributed by atoms with Gasteiger partial charge in [0.1, 0.15) is 17.4 Å². The number of carbonyl (C=O) groups is 1. The van der Waals surface area contributed by atoms with Crippen molar-refractivity contribution in [2.75, 3.05) is 0 Å². The van der Waals surface area contributed by atoms with Crippen LogP contribution in [0, 0.1) is 11.8 Å². The molecule has 0 saturated heterocycles. The molecule has 5 rings (SSSR count). The number of nitrogens with zero attached hydrogens (tertiary/aromatic N) is 3. The molecule has 1 aromatic heterocycles. The Bertz CT molecular complexity index is 1540. The quantitative estimate of drug-likeness (QED) is 0.195. The molecule has 2 N–H and O–H groups in total. The highest BCUT2D eigenvalue weighted by Crippen LogP contribution is 2.25. The van der Waals surface area contributed by atoms with Gasteiger partial charge in [0.15, 0.2) is 0 Å². The van der Waals surface area contributed by atoms with Crippen molar-refractivity contribution in [1.82, 2.24) is 20.5 Å². The molecule has 180 valence electrons. The number of nitrogens with one attached hydrogen (secondary N) is 1. The first-order valence-corrected chi connectivity index (χ1v) is 11.9. The molecule has 0 aliphatic rings. The van der Waals surface area contributed by atoms with E-state index in [4.69, 9.17) is 0 Å². The van der Waals surface area contributed by atoms with Crippen LogP contribution >= 0.6 is 0 Å². The van der Waals surface area contributed by atoms with Crippen LogP contribution in [0.4, 0.5) is 0 Å². The van der Waals surface area contributed by atoms with Gasteiger partial charge < -0.3 is 0 Å². The summed E-state index contributed by atoms with van der Waals surface area (Å²) in [5.41, 5.74) is 7.64. The second-order valence-electron chi connectivity index (χ2n) is 8.47. The highest BCUT2D eigenvalue weighted by atomic mass is 16.5. The van der Waals surface area contributed by atoms with Crippen LogP contribution in [0.1, 0.15) is 22.9 Å². The minimum absolute atomic E-state index is 0.311. The molecule has 0 saturated carbocycles. The van der Waals surface area contributed by atoms with Crippen molar-refractivity contribution in [3.8, 4) is 34.2 Å². The third kappa shape index (κ3) is 5.48. The summed E-state index contributed by atoms with van der Waals surface area (Å²) in [7, 11) is 0. The minimum atomic E-state index is -0.845. The fourth-order valence-electron chi connectivity index (χ4n) is 4.13. The smallest absolute Gasteiger partial charge is 0.268 e. The van der Waals surface area contributed by atoms with Crippen molar-refractivity contribution in [3.05, 3.63) is 132 Å². The van der Waals surface area contributed by atoms with E-state index >= 15 is 0 Å². The molecule has 0 spiro atoms. The maximum atomic E-state index is 12.8. The Balaban J connectivity index is 1.55. The lowest BCUT2D eigenvalue weighted by molar-refractivity contribution is -0.133. The predicted octanol–water partition coefficient (Wildman–Crippen LogP) is 5.30. The predicted molar refractivity (Wildman–Crippen MR) is 142 cm³/mol. The average Bonchev–Trinajstić information content (AvgIpc) is 3.39. The molecule has 1 heterocycles. The van der Waals surface area contributed by atoms with E-state index in [2.05, 4.69) is 34.3 Å². The maximum absolute atomic E-state index is 12.8. The van der Waals surface area contributed by atoms with Gasteiger partial charge in [-0.1, -0.05) is 114 Å². The highest BCUT2D eigenvalue weighted by molar-refractivity contribution is 5.80. The number of amides is 1. The standard InChI is InChI=1S/C31H24N4O2/c36-31(33-37)29(22-24-10-4-1-5-11-24)35-28(30(32-34-35)27-14-8-3-9-15-27)21-18-23-16-19-26(20-17-23)25-12-6-2-7-13-25/h1-17,19-20,29,37H,22H2,(H,33,36)/t29-/m0/s1. The minimum Gasteiger partial charge on any atom is -0.289 e. The molecule has 1 amide bonds. The van der Waals surface area contributed by atoms with Crippen LogP contribution in [-0.4, -0.2) is 26.1 Å². The van der Waals surface area contributed by atoms with E-state index < -0.39 is 11.9 Å². The Morgan fingerprint density at radius 3 is 1.95 bits per heavy atom. The van der Waals surface area contributed by atoms with Gasteiger partial charge in [-0.2, -0.15) is 0 Å². The molecule has 0 fully saturated rings. The number of rotatable bonds is 6. The summed E-state index contributed by atoms with van der Waals surface area (Å²) < 4.78 is 1.49. The number of benzene rings is 4. The fraction of sp³-hybridized carbons (Fsp3) is 0.0645. The van der Waals surface area contributed by atoms with Crippen LogP contribution < -0.4 is 5.48 Å². The molecular formula is C31H24N4O2. The first kappa shape index (κ1) is 23.7. The Hall–Kier alpha value is -4.99. The lowest BCUT2D eigenvalue weighted by Gasteiger charge is -2.16. The Labute approximate surface area is 215 Å². The van der Waals surface area contributed by atoms with Crippen LogP contribution in [0.5, 0.6) is 0 Å². The molecular weight excluding hydrogens is 460 g/mol. The summed E-state index contributed by atoms with van der Waals surface area (Å²) >= 11 is 0. The van der Waals surface area contributed by atoms with Crippen LogP contribution in [0.2, 0.25) is 0 Å². The van der Waals surface area contributed by atoms with Gasteiger partial charge in [-0.15, -0.1) is 5.10 Å². The number of carbonyl (C=O) groups excluding carboxylic acids is 1. The third-order valence-electron chi connectivity index (χ3n) is 6.04. The molecule has 1 atom stereocenters. The van der Waals surface area contributed by atoms with Gasteiger partial charge in [-0.05, 0) is 34.7 Å². The van der Waals surface area contributed by atoms with Gasteiger partial charge in [0.2, 0.25) is 0 Å². The molecule has 0 aliphatic carbocycles. The summed E-state index contributed by atoms with van der Waals surface area (Å²) in [6.07, 6.45) is 0.311. The van der Waals surface area contributed by atoms with Gasteiger partial charge in [-0.25, -0.2) is 10.2 Å². The summed E-state index contributed by atoms with van der Waals surface area (Å²) in [4.78, 5) is 12.8. The topological polar surface area (TPSA) is 80.0 Å². The zero-order valence-corrected chi connectivity index (χ0v) is 20.0. The molecule has 6 heteroatoms. The SMILES string of the molecule is O=C(NO)[C@H](Cc1ccccc1)n1nnc(-c2ccccc2)c1C#Cc1ccc(-c2ccccc2)cc1. The van der Waals surface area contributed by atoms with Crippen molar-refractivity contribution >= 4 is 5.91 Å². The third-order valence-corrected chi connectivity index (χ3v) is 6.04. The van der Waals surface area contributed by atoms with Crippen molar-refractivity contribution < 1.29 is 10.0 Å². The van der Waals surface area contributed by atoms with E-state index in [1.165, 1.54) is 4.68 Å². The zero-order chi connectivity index (χ0) is 25.5. The molecule has 0 radical (unpaired) electrons. The number of hydroxylamine groups is 1. The molecule has 0 bridgehead atoms. The molecule has 0 unspecified atom stereocenters. The Morgan fingerprint density at radius 2 is 1.32 bits per heavy atom. The average molecular weight is 485 g/mol. The van der Waals surface area contributed by atoms with Gasteiger partial charge in [0.25, 0.3) is 5.91 Å². The number of hydrogen-bond acceptors (Lipinski definition) is 4. The Kier molecular flexibility index (Phi) is 7.16. The highest BCUT2D eigenvalue weighted by Gasteiger charge is 2.26. The van der Waals surface area contributed by atoms with E-state index in [-0.39, 0.29) is 0 Å². The van der Waals surface area contributed by atoms with E-state index in [1.807, 2.05) is 103 Å². The molecule has 0 aliphatic heterocycles. The number of hydrogen-bond donors (Lipinski definition) is 2. The van der Waals surface area contributed by atoms with Gasteiger partial charge in [-0.3, -0.25) is 10.0 Å². The molecule has 6 nitrogen and oxygen atoms in total. The van der Waals surface area contributed by atoms with E-state index in [0.717, 1.165) is 27.8 Å². The summed E-state index contributed by atoms with van der Waals surface area (Å²) in [5, 5.41) is 18.2. The second kappa shape index (κ2) is 11.2. The zero-order valence-electron chi connectivity index (χ0n) is 20.0. The van der Waals surface area contributed by atoms with Crippen LogP contribution in [0.25, 0.3) is 22.4 Å². The van der Waals surface area contributed by atoms with E-state index in [9.17, 15) is 10.0 Å². The monoisotopic (exact) mass is 484 g/mol. The maximum Gasteiger partial charge on any atom is 0.268 e. The van der Waals surface area contributed by atoms with Gasteiger partial charge >= 0.3 is 0 Å². The van der Waals surface area contributed by atoms with Crippen LogP contribution in [0.3, 0.4) is 0 Å². The summed E-state index contributed by atoms with van der Waals surface area (Å²) in [6.45, 7) is 0. The summed E-state index contributed by atoms with van der Waals surface area (Å²) in [6, 6.07) is 36.5. The normalized spacial score (nSPS) is 11.3.